The maximum absolute atomic E-state index is 13.7. The summed E-state index contributed by atoms with van der Waals surface area (Å²) in [5, 5.41) is 13.0. The molecule has 240 valence electrons. The molecule has 7 rings (SSSR count). The third kappa shape index (κ3) is 5.95. The maximum Gasteiger partial charge on any atom is 0.494 e. The van der Waals surface area contributed by atoms with E-state index in [9.17, 15) is 14.7 Å². The molecule has 2 atom stereocenters. The smallest absolute Gasteiger partial charge is 0.465 e. The standard InChI is InChI=1S/C36H37BN4O5S/c1-35(2)36(3,4)46-37(45-35)26-17-16-25-19-29(47-30(25)20-26)23-14-12-22(13-15-23)27-21-38-32(39-27)28-11-8-18-41(28)33(42)31(40-34(43)44)24-9-6-5-7-10-24/h5-7,9-10,12-17,19-21,28,31,40H,8,11,18H2,1-4H3,(H,38,39)(H,43,44)/t28-,31?/m0/s1. The largest absolute Gasteiger partial charge is 0.494 e. The molecule has 2 amide bonds. The fraction of sp³-hybridized carbons (Fsp3) is 0.306. The summed E-state index contributed by atoms with van der Waals surface area (Å²) < 4.78 is 13.7. The number of H-pyrrole nitrogens is 1. The second-order valence-electron chi connectivity index (χ2n) is 13.2. The highest BCUT2D eigenvalue weighted by Gasteiger charge is 2.51. The summed E-state index contributed by atoms with van der Waals surface area (Å²) in [4.78, 5) is 36.2. The molecule has 0 saturated carbocycles. The molecular formula is C36H37BN4O5S. The van der Waals surface area contributed by atoms with Gasteiger partial charge in [0.15, 0.2) is 0 Å². The number of rotatable bonds is 7. The average Bonchev–Trinajstić information content (AvgIpc) is 3.85. The zero-order valence-electron chi connectivity index (χ0n) is 26.8. The van der Waals surface area contributed by atoms with E-state index in [0.29, 0.717) is 17.9 Å². The monoisotopic (exact) mass is 648 g/mol. The van der Waals surface area contributed by atoms with Gasteiger partial charge in [-0.25, -0.2) is 9.78 Å². The van der Waals surface area contributed by atoms with E-state index in [1.165, 1.54) is 15.0 Å². The van der Waals surface area contributed by atoms with E-state index in [1.54, 1.807) is 46.7 Å². The van der Waals surface area contributed by atoms with Crippen LogP contribution >= 0.6 is 11.3 Å². The predicted molar refractivity (Wildman–Crippen MR) is 185 cm³/mol. The molecule has 2 aliphatic rings. The minimum atomic E-state index is -1.24. The number of hydrogen-bond acceptors (Lipinski definition) is 6. The minimum absolute atomic E-state index is 0.266. The van der Waals surface area contributed by atoms with Crippen molar-refractivity contribution >= 4 is 46.0 Å². The van der Waals surface area contributed by atoms with Crippen LogP contribution in [0.1, 0.15) is 64.0 Å². The molecule has 11 heteroatoms. The van der Waals surface area contributed by atoms with Crippen molar-refractivity contribution in [1.29, 1.82) is 0 Å². The van der Waals surface area contributed by atoms with Crippen molar-refractivity contribution in [3.05, 3.63) is 96.4 Å². The van der Waals surface area contributed by atoms with Gasteiger partial charge in [-0.1, -0.05) is 66.7 Å². The average molecular weight is 649 g/mol. The van der Waals surface area contributed by atoms with E-state index < -0.39 is 19.3 Å². The number of aromatic nitrogens is 2. The number of imidazole rings is 1. The fourth-order valence-electron chi connectivity index (χ4n) is 6.32. The van der Waals surface area contributed by atoms with Crippen LogP contribution in [0.2, 0.25) is 0 Å². The zero-order chi connectivity index (χ0) is 32.9. The number of hydrogen-bond donors (Lipinski definition) is 3. The van der Waals surface area contributed by atoms with E-state index in [1.807, 2.05) is 6.07 Å². The van der Waals surface area contributed by atoms with Gasteiger partial charge in [0.2, 0.25) is 0 Å². The first-order chi connectivity index (χ1) is 22.5. The quantitative estimate of drug-likeness (QED) is 0.165. The number of carbonyl (C=O) groups is 2. The molecule has 2 aromatic heterocycles. The Morgan fingerprint density at radius 1 is 1.00 bits per heavy atom. The number of likely N-dealkylation sites (tertiary alicyclic amines) is 1. The molecule has 1 unspecified atom stereocenters. The lowest BCUT2D eigenvalue weighted by atomic mass is 9.79. The summed E-state index contributed by atoms with van der Waals surface area (Å²) in [6.45, 7) is 8.80. The maximum atomic E-state index is 13.7. The Labute approximate surface area is 278 Å². The first-order valence-electron chi connectivity index (χ1n) is 15.9. The molecule has 0 bridgehead atoms. The molecule has 2 aliphatic heterocycles. The van der Waals surface area contributed by atoms with Crippen molar-refractivity contribution in [2.45, 2.75) is 63.8 Å². The Morgan fingerprint density at radius 3 is 2.40 bits per heavy atom. The number of amides is 2. The van der Waals surface area contributed by atoms with Gasteiger partial charge in [0.25, 0.3) is 5.91 Å². The van der Waals surface area contributed by atoms with Gasteiger partial charge in [0.1, 0.15) is 11.9 Å². The summed E-state index contributed by atoms with van der Waals surface area (Å²) in [6.07, 6.45) is 2.11. The van der Waals surface area contributed by atoms with Crippen molar-refractivity contribution in [3.63, 3.8) is 0 Å². The summed E-state index contributed by atoms with van der Waals surface area (Å²) >= 11 is 1.74. The van der Waals surface area contributed by atoms with Crippen LogP contribution in [0.4, 0.5) is 4.79 Å². The third-order valence-electron chi connectivity index (χ3n) is 9.64. The van der Waals surface area contributed by atoms with Crippen LogP contribution in [0.5, 0.6) is 0 Å². The van der Waals surface area contributed by atoms with Crippen LogP contribution in [0.3, 0.4) is 0 Å². The third-order valence-corrected chi connectivity index (χ3v) is 10.8. The first kappa shape index (κ1) is 31.2. The van der Waals surface area contributed by atoms with E-state index in [-0.39, 0.29) is 23.2 Å². The van der Waals surface area contributed by atoms with Gasteiger partial charge in [-0.3, -0.25) is 4.79 Å². The molecule has 0 spiro atoms. The van der Waals surface area contributed by atoms with Gasteiger partial charge in [-0.05, 0) is 80.2 Å². The second kappa shape index (κ2) is 12.0. The number of fused-ring (bicyclic) bond motifs is 1. The summed E-state index contributed by atoms with van der Waals surface area (Å²) in [7, 11) is -0.394. The van der Waals surface area contributed by atoms with E-state index >= 15 is 0 Å². The van der Waals surface area contributed by atoms with Crippen LogP contribution in [-0.4, -0.2) is 56.8 Å². The zero-order valence-corrected chi connectivity index (χ0v) is 27.6. The Bertz CT molecular complexity index is 1920. The molecule has 5 aromatic rings. The second-order valence-corrected chi connectivity index (χ2v) is 14.3. The topological polar surface area (TPSA) is 117 Å². The number of benzene rings is 3. The van der Waals surface area contributed by atoms with Gasteiger partial charge >= 0.3 is 13.2 Å². The van der Waals surface area contributed by atoms with Crippen LogP contribution < -0.4 is 10.8 Å². The number of nitrogens with one attached hydrogen (secondary N) is 2. The van der Waals surface area contributed by atoms with E-state index in [4.69, 9.17) is 9.31 Å². The lowest BCUT2D eigenvalue weighted by Crippen LogP contribution is -2.42. The van der Waals surface area contributed by atoms with Gasteiger partial charge < -0.3 is 29.6 Å². The summed E-state index contributed by atoms with van der Waals surface area (Å²) in [6, 6.07) is 24.7. The molecule has 0 radical (unpaired) electrons. The lowest BCUT2D eigenvalue weighted by molar-refractivity contribution is -0.134. The Morgan fingerprint density at radius 2 is 1.70 bits per heavy atom. The Kier molecular flexibility index (Phi) is 7.94. The van der Waals surface area contributed by atoms with Crippen molar-refractivity contribution in [3.8, 4) is 21.7 Å². The molecule has 2 saturated heterocycles. The minimum Gasteiger partial charge on any atom is -0.465 e. The Balaban J connectivity index is 1.07. The highest BCUT2D eigenvalue weighted by Crippen LogP contribution is 2.39. The molecule has 4 heterocycles. The van der Waals surface area contributed by atoms with Gasteiger partial charge in [0, 0.05) is 16.1 Å². The van der Waals surface area contributed by atoms with Crippen LogP contribution in [0.15, 0.2) is 85.1 Å². The highest BCUT2D eigenvalue weighted by molar-refractivity contribution is 7.22. The van der Waals surface area contributed by atoms with Crippen LogP contribution in [0.25, 0.3) is 31.8 Å². The van der Waals surface area contributed by atoms with E-state index in [0.717, 1.165) is 35.1 Å². The number of nitrogens with zero attached hydrogens (tertiary/aromatic N) is 2. The van der Waals surface area contributed by atoms with Crippen molar-refractivity contribution in [2.75, 3.05) is 6.54 Å². The molecule has 47 heavy (non-hydrogen) atoms. The Hall–Kier alpha value is -4.45. The van der Waals surface area contributed by atoms with Crippen molar-refractivity contribution < 1.29 is 24.0 Å². The van der Waals surface area contributed by atoms with Crippen molar-refractivity contribution in [2.24, 2.45) is 0 Å². The van der Waals surface area contributed by atoms with Crippen molar-refractivity contribution in [1.82, 2.24) is 20.2 Å². The molecular weight excluding hydrogens is 611 g/mol. The molecule has 2 fully saturated rings. The molecule has 9 nitrogen and oxygen atoms in total. The lowest BCUT2D eigenvalue weighted by Gasteiger charge is -2.32. The molecule has 0 aliphatic carbocycles. The van der Waals surface area contributed by atoms with Gasteiger partial charge in [0.05, 0.1) is 29.1 Å². The number of aromatic amines is 1. The number of thiophene rings is 1. The highest BCUT2D eigenvalue weighted by atomic mass is 32.1. The number of carboxylic acid groups (broad SMARTS) is 1. The summed E-state index contributed by atoms with van der Waals surface area (Å²) in [5.41, 5.74) is 3.82. The predicted octanol–water partition coefficient (Wildman–Crippen LogP) is 6.93. The van der Waals surface area contributed by atoms with Gasteiger partial charge in [-0.2, -0.15) is 0 Å². The number of carbonyl (C=O) groups excluding carboxylic acids is 1. The molecule has 3 aromatic carbocycles. The van der Waals surface area contributed by atoms with Crippen LogP contribution in [-0.2, 0) is 14.1 Å². The van der Waals surface area contributed by atoms with Gasteiger partial charge in [-0.15, -0.1) is 11.3 Å². The normalized spacial score (nSPS) is 19.3. The van der Waals surface area contributed by atoms with E-state index in [2.05, 4.69) is 91.5 Å². The SMILES string of the molecule is CC1(C)OB(c2ccc3cc(-c4ccc(-c5cnc([C@@H]6CCCN6C(=O)C(NC(=O)O)c6ccccc6)[nH]5)cc4)sc3c2)OC1(C)C. The summed E-state index contributed by atoms with van der Waals surface area (Å²) in [5.74, 6) is 0.411. The van der Waals surface area contributed by atoms with Crippen LogP contribution in [0, 0.1) is 0 Å². The first-order valence-corrected chi connectivity index (χ1v) is 16.7. The fourth-order valence-corrected chi connectivity index (χ4v) is 7.44. The molecule has 3 N–H and O–H groups in total.